The number of aromatic nitrogens is 3. The first-order valence-corrected chi connectivity index (χ1v) is 16.3. The Morgan fingerprint density at radius 3 is 2.31 bits per heavy atom. The number of fused-ring (bicyclic) bond motifs is 1. The van der Waals surface area contributed by atoms with Gasteiger partial charge in [-0.1, -0.05) is 55.5 Å². The lowest BCUT2D eigenvalue weighted by atomic mass is 10.0. The number of rotatable bonds is 10. The number of benzene rings is 3. The number of para-hydroxylation sites is 2. The summed E-state index contributed by atoms with van der Waals surface area (Å²) < 4.78 is 31.2. The van der Waals surface area contributed by atoms with Crippen molar-refractivity contribution in [2.45, 2.75) is 52.0 Å². The van der Waals surface area contributed by atoms with E-state index >= 15 is 0 Å². The molecule has 0 fully saturated rings. The van der Waals surface area contributed by atoms with Gasteiger partial charge in [-0.25, -0.2) is 13.4 Å². The highest BCUT2D eigenvalue weighted by Gasteiger charge is 2.26. The van der Waals surface area contributed by atoms with Gasteiger partial charge in [0.05, 0.1) is 33.0 Å². The molecule has 0 aliphatic rings. The molecule has 3 aromatic carbocycles. The van der Waals surface area contributed by atoms with Crippen molar-refractivity contribution in [3.8, 4) is 0 Å². The van der Waals surface area contributed by atoms with E-state index in [1.165, 1.54) is 27.8 Å². The summed E-state index contributed by atoms with van der Waals surface area (Å²) >= 11 is 1.48. The molecule has 42 heavy (non-hydrogen) atoms. The van der Waals surface area contributed by atoms with Gasteiger partial charge < -0.3 is 0 Å². The van der Waals surface area contributed by atoms with E-state index in [0.29, 0.717) is 29.5 Å². The van der Waals surface area contributed by atoms with Gasteiger partial charge in [-0.3, -0.25) is 18.7 Å². The molecule has 10 heteroatoms. The second-order valence-electron chi connectivity index (χ2n) is 10.5. The van der Waals surface area contributed by atoms with Gasteiger partial charge in [-0.2, -0.15) is 5.10 Å². The Balaban J connectivity index is 1.48. The molecule has 0 bridgehead atoms. The van der Waals surface area contributed by atoms with Crippen molar-refractivity contribution in [1.82, 2.24) is 14.8 Å². The van der Waals surface area contributed by atoms with E-state index in [-0.39, 0.29) is 23.3 Å². The second kappa shape index (κ2) is 12.1. The normalized spacial score (nSPS) is 11.8. The smallest absolute Gasteiger partial charge is 0.264 e. The van der Waals surface area contributed by atoms with Crippen LogP contribution in [0.1, 0.15) is 54.0 Å². The first kappa shape index (κ1) is 29.5. The van der Waals surface area contributed by atoms with Gasteiger partial charge in [0.1, 0.15) is 0 Å². The van der Waals surface area contributed by atoms with Crippen molar-refractivity contribution < 1.29 is 13.2 Å². The summed E-state index contributed by atoms with van der Waals surface area (Å²) in [5, 5.41) is 5.17. The molecule has 0 saturated carbocycles. The maximum atomic E-state index is 14.0. The van der Waals surface area contributed by atoms with Crippen molar-refractivity contribution in [2.75, 3.05) is 22.3 Å². The van der Waals surface area contributed by atoms with Crippen molar-refractivity contribution in [1.29, 1.82) is 0 Å². The molecule has 0 saturated heterocycles. The van der Waals surface area contributed by atoms with Crippen molar-refractivity contribution >= 4 is 48.3 Å². The molecule has 5 aromatic rings. The zero-order valence-electron chi connectivity index (χ0n) is 24.5. The fraction of sp³-hybridized carbons (Fsp3) is 0.281. The van der Waals surface area contributed by atoms with E-state index in [9.17, 15) is 13.2 Å². The van der Waals surface area contributed by atoms with Crippen LogP contribution in [0, 0.1) is 13.8 Å². The van der Waals surface area contributed by atoms with Crippen molar-refractivity contribution in [3.63, 3.8) is 0 Å². The lowest BCUT2D eigenvalue weighted by Gasteiger charge is -2.23. The van der Waals surface area contributed by atoms with Gasteiger partial charge in [0.25, 0.3) is 15.9 Å². The van der Waals surface area contributed by atoms with Crippen LogP contribution >= 0.6 is 11.3 Å². The summed E-state index contributed by atoms with van der Waals surface area (Å²) in [5.74, 6) is 0.0385. The number of hydrogen-bond acceptors (Lipinski definition) is 6. The molecule has 0 aliphatic carbocycles. The molecule has 8 nitrogen and oxygen atoms in total. The van der Waals surface area contributed by atoms with Crippen LogP contribution in [-0.4, -0.2) is 42.2 Å². The van der Waals surface area contributed by atoms with E-state index in [2.05, 4.69) is 25.0 Å². The number of aryl methyl sites for hydroxylation is 2. The standard InChI is InChI=1S/C32H35N5O3S2/c1-6-37(26-11-8-7-9-12-26)42(39,40)27-17-15-25(16-18-27)31(38)35(19-20-36-24(5)21-23(4)34-36)32-33-30-28(22(2)3)13-10-14-29(30)41-32/h7-18,21-22H,6,19-20H2,1-5H3. The van der Waals surface area contributed by atoms with Gasteiger partial charge >= 0.3 is 0 Å². The fourth-order valence-corrected chi connectivity index (χ4v) is 7.56. The van der Waals surface area contributed by atoms with Gasteiger partial charge in [0.15, 0.2) is 5.13 Å². The van der Waals surface area contributed by atoms with Crippen LogP contribution in [0.3, 0.4) is 0 Å². The van der Waals surface area contributed by atoms with Crippen LogP contribution in [0.25, 0.3) is 10.2 Å². The van der Waals surface area contributed by atoms with Crippen molar-refractivity contribution in [2.24, 2.45) is 0 Å². The summed E-state index contributed by atoms with van der Waals surface area (Å²) in [7, 11) is -3.81. The number of carbonyl (C=O) groups is 1. The van der Waals surface area contributed by atoms with Crippen molar-refractivity contribution in [3.05, 3.63) is 101 Å². The van der Waals surface area contributed by atoms with E-state index in [0.717, 1.165) is 27.2 Å². The van der Waals surface area contributed by atoms with Gasteiger partial charge in [-0.05, 0) is 80.8 Å². The Labute approximate surface area is 251 Å². The number of sulfonamides is 1. The maximum Gasteiger partial charge on any atom is 0.264 e. The third kappa shape index (κ3) is 5.82. The predicted molar refractivity (Wildman–Crippen MR) is 170 cm³/mol. The average molecular weight is 602 g/mol. The second-order valence-corrected chi connectivity index (χ2v) is 13.4. The Morgan fingerprint density at radius 1 is 0.976 bits per heavy atom. The molecule has 0 atom stereocenters. The van der Waals surface area contributed by atoms with Crippen LogP contribution in [0.2, 0.25) is 0 Å². The van der Waals surface area contributed by atoms with Gasteiger partial charge in [-0.15, -0.1) is 0 Å². The highest BCUT2D eigenvalue weighted by atomic mass is 32.2. The average Bonchev–Trinajstić information content (AvgIpc) is 3.55. The zero-order chi connectivity index (χ0) is 30.0. The number of carbonyl (C=O) groups excluding carboxylic acids is 1. The number of nitrogens with zero attached hydrogens (tertiary/aromatic N) is 5. The SMILES string of the molecule is CCN(c1ccccc1)S(=O)(=O)c1ccc(C(=O)N(CCn2nc(C)cc2C)c2nc3c(C(C)C)cccc3s2)cc1. The molecule has 0 unspecified atom stereocenters. The van der Waals surface area contributed by atoms with Crippen LogP contribution in [0.5, 0.6) is 0 Å². The van der Waals surface area contributed by atoms with E-state index < -0.39 is 10.0 Å². The Kier molecular flexibility index (Phi) is 8.47. The number of thiazole rings is 1. The van der Waals surface area contributed by atoms with Gasteiger partial charge in [0.2, 0.25) is 0 Å². The van der Waals surface area contributed by atoms with Crippen LogP contribution in [0.4, 0.5) is 10.8 Å². The van der Waals surface area contributed by atoms with E-state index in [1.54, 1.807) is 36.1 Å². The molecular formula is C32H35N5O3S2. The molecule has 0 radical (unpaired) electrons. The number of anilines is 2. The maximum absolute atomic E-state index is 14.0. The summed E-state index contributed by atoms with van der Waals surface area (Å²) in [4.78, 5) is 20.8. The van der Waals surface area contributed by atoms with E-state index in [4.69, 9.17) is 4.98 Å². The summed E-state index contributed by atoms with van der Waals surface area (Å²) in [6.45, 7) is 11.1. The molecule has 218 valence electrons. The molecular weight excluding hydrogens is 567 g/mol. The fourth-order valence-electron chi connectivity index (χ4n) is 5.06. The minimum absolute atomic E-state index is 0.125. The third-order valence-electron chi connectivity index (χ3n) is 7.20. The Hall–Kier alpha value is -4.02. The lowest BCUT2D eigenvalue weighted by molar-refractivity contribution is 0.0985. The quantitative estimate of drug-likeness (QED) is 0.176. The summed E-state index contributed by atoms with van der Waals surface area (Å²) in [6, 6.07) is 23.3. The molecule has 2 heterocycles. The van der Waals surface area contributed by atoms with Crippen LogP contribution in [0.15, 0.2) is 83.8 Å². The predicted octanol–water partition coefficient (Wildman–Crippen LogP) is 6.80. The summed E-state index contributed by atoms with van der Waals surface area (Å²) in [6.07, 6.45) is 0. The van der Waals surface area contributed by atoms with Crippen LogP contribution < -0.4 is 9.21 Å². The minimum atomic E-state index is -3.81. The molecule has 5 rings (SSSR count). The topological polar surface area (TPSA) is 88.4 Å². The molecule has 0 aliphatic heterocycles. The number of hydrogen-bond donors (Lipinski definition) is 0. The van der Waals surface area contributed by atoms with Gasteiger partial charge in [0, 0.05) is 24.3 Å². The Morgan fingerprint density at radius 2 is 1.69 bits per heavy atom. The molecule has 1 amide bonds. The third-order valence-corrected chi connectivity index (χ3v) is 10.2. The molecule has 2 aromatic heterocycles. The van der Waals surface area contributed by atoms with E-state index in [1.807, 2.05) is 54.9 Å². The minimum Gasteiger partial charge on any atom is -0.282 e. The zero-order valence-corrected chi connectivity index (χ0v) is 26.1. The highest BCUT2D eigenvalue weighted by molar-refractivity contribution is 7.92. The molecule has 0 spiro atoms. The Bertz CT molecular complexity index is 1810. The first-order chi connectivity index (χ1) is 20.1. The number of amides is 1. The summed E-state index contributed by atoms with van der Waals surface area (Å²) in [5.41, 5.74) is 4.94. The lowest BCUT2D eigenvalue weighted by Crippen LogP contribution is -2.34. The van der Waals surface area contributed by atoms with Crippen LogP contribution in [-0.2, 0) is 16.6 Å². The molecule has 0 N–H and O–H groups in total. The highest BCUT2D eigenvalue weighted by Crippen LogP contribution is 2.34. The monoisotopic (exact) mass is 601 g/mol. The first-order valence-electron chi connectivity index (χ1n) is 14.0. The largest absolute Gasteiger partial charge is 0.282 e.